The molecule has 0 fully saturated rings. The van der Waals surface area contributed by atoms with E-state index in [4.69, 9.17) is 34.4 Å². The van der Waals surface area contributed by atoms with Crippen LogP contribution >= 0.6 is 0 Å². The van der Waals surface area contributed by atoms with Gasteiger partial charge in [-0.15, -0.1) is 0 Å². The second kappa shape index (κ2) is 17.9. The molecule has 0 unspecified atom stereocenters. The number of ether oxygens (including phenoxy) is 4. The van der Waals surface area contributed by atoms with E-state index in [2.05, 4.69) is 32.0 Å². The van der Waals surface area contributed by atoms with Crippen LogP contribution in [0.2, 0.25) is 0 Å². The Morgan fingerprint density at radius 1 is 0.868 bits per heavy atom. The number of fused-ring (bicyclic) bond motifs is 2. The first-order valence-corrected chi connectivity index (χ1v) is 17.5. The fraction of sp³-hybridized carbons (Fsp3) is 0.553. The van der Waals surface area contributed by atoms with Crippen LogP contribution in [0.5, 0.6) is 0 Å². The molecule has 2 aliphatic carbocycles. The topological polar surface area (TPSA) is 196 Å². The lowest BCUT2D eigenvalue weighted by Crippen LogP contribution is -2.44. The Hall–Kier alpha value is -4.73. The molecule has 15 nitrogen and oxygen atoms in total. The van der Waals surface area contributed by atoms with Crippen molar-refractivity contribution in [1.29, 1.82) is 0 Å². The van der Waals surface area contributed by atoms with Crippen LogP contribution in [0, 0.1) is 6.92 Å². The van der Waals surface area contributed by atoms with Crippen LogP contribution in [0.15, 0.2) is 46.1 Å². The summed E-state index contributed by atoms with van der Waals surface area (Å²) in [4.78, 5) is 29.9. The van der Waals surface area contributed by atoms with Crippen molar-refractivity contribution in [2.24, 2.45) is 10.9 Å². The van der Waals surface area contributed by atoms with Gasteiger partial charge in [0.1, 0.15) is 11.2 Å². The summed E-state index contributed by atoms with van der Waals surface area (Å²) in [5.41, 5.74) is 10.7. The van der Waals surface area contributed by atoms with Gasteiger partial charge in [-0.3, -0.25) is 4.90 Å². The van der Waals surface area contributed by atoms with Gasteiger partial charge < -0.3 is 45.0 Å². The van der Waals surface area contributed by atoms with Gasteiger partial charge in [0.2, 0.25) is 17.6 Å². The van der Waals surface area contributed by atoms with Crippen molar-refractivity contribution in [3.8, 4) is 11.4 Å². The number of hydrogen-bond acceptors (Lipinski definition) is 12. The van der Waals surface area contributed by atoms with Crippen LogP contribution in [0.3, 0.4) is 0 Å². The Balaban J connectivity index is 0.000000234. The molecule has 53 heavy (non-hydrogen) atoms. The number of amidine groups is 1. The minimum absolute atomic E-state index is 0.0131. The number of alkyl carbamates (subject to hydrolysis) is 2. The Labute approximate surface area is 312 Å². The Kier molecular flexibility index (Phi) is 14.4. The van der Waals surface area contributed by atoms with Gasteiger partial charge in [0.15, 0.2) is 5.84 Å². The summed E-state index contributed by atoms with van der Waals surface area (Å²) in [6.45, 7) is 14.7. The van der Waals surface area contributed by atoms with Gasteiger partial charge in [0.25, 0.3) is 0 Å². The smallest absolute Gasteiger partial charge is 0.408 e. The maximum absolute atomic E-state index is 11.9. The number of nitrogens with one attached hydrogen (secondary N) is 2. The number of hydrogen-bond donors (Lipinski definition) is 4. The van der Waals surface area contributed by atoms with Gasteiger partial charge >= 0.3 is 12.2 Å². The lowest BCUT2D eigenvalue weighted by Gasteiger charge is -2.32. The van der Waals surface area contributed by atoms with Crippen LogP contribution < -0.4 is 16.4 Å². The van der Waals surface area contributed by atoms with Gasteiger partial charge in [-0.25, -0.2) is 9.59 Å². The number of methoxy groups -OCH3 is 2. The molecule has 5 N–H and O–H groups in total. The summed E-state index contributed by atoms with van der Waals surface area (Å²) in [6, 6.07) is 11.5. The predicted octanol–water partition coefficient (Wildman–Crippen LogP) is 6.36. The van der Waals surface area contributed by atoms with E-state index >= 15 is 0 Å². The molecule has 0 radical (unpaired) electrons. The zero-order chi connectivity index (χ0) is 39.7. The summed E-state index contributed by atoms with van der Waals surface area (Å²) in [5, 5.41) is 21.5. The minimum Gasteiger partial charge on any atom is -0.444 e. The third-order valence-corrected chi connectivity index (χ3v) is 8.58. The zero-order valence-electron chi connectivity index (χ0n) is 33.1. The fourth-order valence-corrected chi connectivity index (χ4v) is 5.66. The number of nitrogens with zero attached hydrogens (tertiary/aromatic N) is 4. The van der Waals surface area contributed by atoms with E-state index in [0.717, 1.165) is 47.9 Å². The van der Waals surface area contributed by atoms with E-state index in [1.165, 1.54) is 5.56 Å². The first-order valence-electron chi connectivity index (χ1n) is 17.5. The highest BCUT2D eigenvalue weighted by Gasteiger charge is 2.28. The van der Waals surface area contributed by atoms with E-state index in [9.17, 15) is 9.59 Å². The molecule has 2 atom stereocenters. The molecule has 2 amide bonds. The number of carbonyl (C=O) groups excluding carboxylic acids is 2. The lowest BCUT2D eigenvalue weighted by molar-refractivity contribution is -0.270. The number of aryl methyl sites for hydroxylation is 3. The van der Waals surface area contributed by atoms with Crippen LogP contribution in [-0.4, -0.2) is 83.7 Å². The highest BCUT2D eigenvalue weighted by molar-refractivity contribution is 5.97. The second-order valence-corrected chi connectivity index (χ2v) is 15.1. The summed E-state index contributed by atoms with van der Waals surface area (Å²) >= 11 is 0. The van der Waals surface area contributed by atoms with Crippen LogP contribution in [-0.2, 0) is 31.8 Å². The van der Waals surface area contributed by atoms with Crippen LogP contribution in [0.4, 0.5) is 9.59 Å². The molecule has 1 heterocycles. The van der Waals surface area contributed by atoms with Crippen molar-refractivity contribution in [2.75, 3.05) is 28.3 Å². The van der Waals surface area contributed by atoms with Gasteiger partial charge in [-0.1, -0.05) is 34.6 Å². The molecular formula is C38H57N7O8. The average molecular weight is 740 g/mol. The predicted molar refractivity (Wildman–Crippen MR) is 200 cm³/mol. The zero-order valence-corrected chi connectivity index (χ0v) is 33.1. The van der Waals surface area contributed by atoms with Gasteiger partial charge in [0.05, 0.1) is 12.1 Å². The number of oxime groups is 1. The first-order chi connectivity index (χ1) is 24.7. The summed E-state index contributed by atoms with van der Waals surface area (Å²) in [5.74, 6) is 0.639. The quantitative estimate of drug-likeness (QED) is 0.0689. The van der Waals surface area contributed by atoms with Crippen molar-refractivity contribution in [3.05, 3.63) is 70.1 Å². The molecule has 0 spiro atoms. The van der Waals surface area contributed by atoms with Crippen LogP contribution in [0.1, 0.15) is 107 Å². The normalized spacial score (nSPS) is 16.7. The van der Waals surface area contributed by atoms with Gasteiger partial charge in [0, 0.05) is 39.2 Å². The number of rotatable bonds is 7. The Morgan fingerprint density at radius 2 is 1.36 bits per heavy atom. The van der Waals surface area contributed by atoms with E-state index in [0.29, 0.717) is 17.3 Å². The van der Waals surface area contributed by atoms with Crippen molar-refractivity contribution < 1.29 is 38.3 Å². The SMILES string of the molecule is CC(C)(C)OC(=O)N[C@@H]1CCc2cc(C(N)=NO)ccc21.COC(C)(OC)N(C)C.Cc1nc(-c2ccc3c(c2)CC[C@H]3NC(=O)OC(C)(C)C)no1. The summed E-state index contributed by atoms with van der Waals surface area (Å²) in [7, 11) is 7.02. The molecule has 5 rings (SSSR count). The number of carbonyl (C=O) groups is 2. The lowest BCUT2D eigenvalue weighted by atomic mass is 10.0. The Bertz CT molecular complexity index is 1720. The number of amides is 2. The maximum Gasteiger partial charge on any atom is 0.408 e. The molecule has 1 aromatic heterocycles. The minimum atomic E-state index is -0.583. The molecule has 0 saturated heterocycles. The van der Waals surface area contributed by atoms with E-state index in [1.807, 2.05) is 91.7 Å². The molecule has 0 aliphatic heterocycles. The first kappa shape index (κ1) is 42.7. The highest BCUT2D eigenvalue weighted by Crippen LogP contribution is 2.34. The number of nitrogens with two attached hydrogens (primary N) is 1. The van der Waals surface area contributed by atoms with Gasteiger partial charge in [-0.2, -0.15) is 4.98 Å². The number of benzene rings is 2. The number of aromatic nitrogens is 2. The summed E-state index contributed by atoms with van der Waals surface area (Å²) < 4.78 is 25.7. The molecule has 2 aliphatic rings. The molecule has 292 valence electrons. The van der Waals surface area contributed by atoms with Crippen molar-refractivity contribution in [3.63, 3.8) is 0 Å². The van der Waals surface area contributed by atoms with Crippen molar-refractivity contribution >= 4 is 18.0 Å². The molecule has 2 aromatic carbocycles. The molecule has 0 bridgehead atoms. The molecule has 0 saturated carbocycles. The molecule has 15 heteroatoms. The molecule has 3 aromatic rings. The van der Waals surface area contributed by atoms with Crippen molar-refractivity contribution in [1.82, 2.24) is 25.7 Å². The van der Waals surface area contributed by atoms with E-state index < -0.39 is 23.2 Å². The van der Waals surface area contributed by atoms with Gasteiger partial charge in [-0.05, 0) is 116 Å². The van der Waals surface area contributed by atoms with E-state index in [-0.39, 0.29) is 24.0 Å². The second-order valence-electron chi connectivity index (χ2n) is 15.1. The average Bonchev–Trinajstić information content (AvgIpc) is 3.80. The largest absolute Gasteiger partial charge is 0.444 e. The third-order valence-electron chi connectivity index (χ3n) is 8.58. The van der Waals surface area contributed by atoms with E-state index in [1.54, 1.807) is 27.2 Å². The maximum atomic E-state index is 11.9. The summed E-state index contributed by atoms with van der Waals surface area (Å²) in [6.07, 6.45) is 2.62. The Morgan fingerprint density at radius 3 is 1.75 bits per heavy atom. The highest BCUT2D eigenvalue weighted by atomic mass is 16.7. The molecular weight excluding hydrogens is 682 g/mol. The van der Waals surface area contributed by atoms with Crippen molar-refractivity contribution in [2.45, 2.75) is 110 Å². The third kappa shape index (κ3) is 12.4. The standard InChI is InChI=1S/C17H21N3O3.C15H21N3O3.C6H15NO2/c1-10-18-15(20-23-10)12-5-7-13-11(9-12)6-8-14(13)19-16(21)22-17(2,3)4;1-15(2,3)21-14(19)17-12-7-5-9-8-10(13(16)18-20)4-6-11(9)12;1-6(8-4,9-5)7(2)3/h5,7,9,14H,6,8H2,1-4H3,(H,19,21);4,6,8,12,20H,5,7H2,1-3H3,(H2,16,18)(H,17,19);1-5H3/t14-;12-;/m11./s1. The monoisotopic (exact) mass is 739 g/mol. The fourth-order valence-electron chi connectivity index (χ4n) is 5.66. The van der Waals surface area contributed by atoms with Crippen LogP contribution in [0.25, 0.3) is 11.4 Å².